The summed E-state index contributed by atoms with van der Waals surface area (Å²) in [5, 5.41) is 3.21. The van der Waals surface area contributed by atoms with Crippen LogP contribution in [0.15, 0.2) is 53.4 Å². The Morgan fingerprint density at radius 1 is 0.853 bits per heavy atom. The van der Waals surface area contributed by atoms with Gasteiger partial charge in [-0.2, -0.15) is 0 Å². The second-order valence-electron chi connectivity index (χ2n) is 9.41. The summed E-state index contributed by atoms with van der Waals surface area (Å²) < 4.78 is 27.7. The fraction of sp³-hybridized carbons (Fsp3) is 0.462. The number of hydrogen-bond donors (Lipinski definition) is 2. The molecule has 0 radical (unpaired) electrons. The summed E-state index contributed by atoms with van der Waals surface area (Å²) in [5.41, 5.74) is 1.88. The van der Waals surface area contributed by atoms with Crippen LogP contribution in [0.25, 0.3) is 0 Å². The third kappa shape index (κ3) is 5.97. The number of sulfonamides is 1. The number of carbonyl (C=O) groups excluding carboxylic acids is 2. The minimum absolute atomic E-state index is 0.0375. The molecule has 2 amide bonds. The molecule has 182 valence electrons. The van der Waals surface area contributed by atoms with Gasteiger partial charge in [0.25, 0.3) is 15.9 Å². The van der Waals surface area contributed by atoms with Crippen LogP contribution in [0.3, 0.4) is 0 Å². The Labute approximate surface area is 202 Å². The first-order chi connectivity index (χ1) is 16.3. The van der Waals surface area contributed by atoms with E-state index in [0.717, 1.165) is 18.4 Å². The van der Waals surface area contributed by atoms with Crippen molar-refractivity contribution in [3.8, 4) is 0 Å². The van der Waals surface area contributed by atoms with Crippen molar-refractivity contribution >= 4 is 27.5 Å². The highest BCUT2D eigenvalue weighted by Crippen LogP contribution is 2.23. The first-order valence-corrected chi connectivity index (χ1v) is 13.6. The van der Waals surface area contributed by atoms with Crippen molar-refractivity contribution in [3.05, 3.63) is 59.7 Å². The van der Waals surface area contributed by atoms with E-state index in [1.54, 1.807) is 53.4 Å². The predicted molar refractivity (Wildman–Crippen MR) is 132 cm³/mol. The summed E-state index contributed by atoms with van der Waals surface area (Å²) in [7, 11) is -3.69. The molecule has 1 saturated carbocycles. The van der Waals surface area contributed by atoms with Gasteiger partial charge in [0.2, 0.25) is 5.91 Å². The van der Waals surface area contributed by atoms with Crippen LogP contribution >= 0.6 is 0 Å². The third-order valence-corrected chi connectivity index (χ3v) is 8.22. The molecule has 4 rings (SSSR count). The maximum absolute atomic E-state index is 12.9. The van der Waals surface area contributed by atoms with E-state index in [1.165, 1.54) is 19.3 Å². The summed E-state index contributed by atoms with van der Waals surface area (Å²) in [6.45, 7) is 2.99. The number of likely N-dealkylation sites (tertiary alicyclic amines) is 1. The number of carbonyl (C=O) groups is 2. The molecule has 0 atom stereocenters. The van der Waals surface area contributed by atoms with Crippen LogP contribution in [0.5, 0.6) is 0 Å². The van der Waals surface area contributed by atoms with Gasteiger partial charge in [0.1, 0.15) is 0 Å². The molecular weight excluding hydrogens is 450 g/mol. The van der Waals surface area contributed by atoms with Crippen molar-refractivity contribution < 1.29 is 18.0 Å². The molecule has 7 nitrogen and oxygen atoms in total. The molecule has 1 saturated heterocycles. The lowest BCUT2D eigenvalue weighted by Crippen LogP contribution is -2.45. The van der Waals surface area contributed by atoms with Gasteiger partial charge in [-0.15, -0.1) is 0 Å². The molecule has 2 aromatic carbocycles. The highest BCUT2D eigenvalue weighted by Gasteiger charge is 2.29. The number of benzene rings is 2. The first kappa shape index (κ1) is 24.3. The number of anilines is 1. The summed E-state index contributed by atoms with van der Waals surface area (Å²) in [4.78, 5) is 27.5. The quantitative estimate of drug-likeness (QED) is 0.647. The van der Waals surface area contributed by atoms with E-state index in [2.05, 4.69) is 10.0 Å². The Morgan fingerprint density at radius 3 is 2.09 bits per heavy atom. The number of amides is 2. The smallest absolute Gasteiger partial charge is 0.261 e. The second kappa shape index (κ2) is 10.6. The number of piperidine rings is 1. The Balaban J connectivity index is 1.30. The molecule has 2 N–H and O–H groups in total. The second-order valence-corrected chi connectivity index (χ2v) is 11.1. The van der Waals surface area contributed by atoms with Crippen molar-refractivity contribution in [2.45, 2.75) is 62.8 Å². The Morgan fingerprint density at radius 2 is 1.47 bits per heavy atom. The molecule has 0 aromatic heterocycles. The van der Waals surface area contributed by atoms with E-state index >= 15 is 0 Å². The van der Waals surface area contributed by atoms with Gasteiger partial charge in [-0.25, -0.2) is 8.42 Å². The molecule has 1 heterocycles. The van der Waals surface area contributed by atoms with Crippen molar-refractivity contribution in [1.29, 1.82) is 0 Å². The zero-order chi connectivity index (χ0) is 24.1. The highest BCUT2D eigenvalue weighted by atomic mass is 32.2. The SMILES string of the molecule is Cc1ccc(S(=O)(=O)Nc2ccc(C(=O)N3CCC(C(=O)NC4CCCCC4)CC3)cc2)cc1. The minimum atomic E-state index is -3.69. The summed E-state index contributed by atoms with van der Waals surface area (Å²) >= 11 is 0. The number of aryl methyl sites for hydroxylation is 1. The van der Waals surface area contributed by atoms with E-state index in [4.69, 9.17) is 0 Å². The van der Waals surface area contributed by atoms with Crippen LogP contribution in [0.2, 0.25) is 0 Å². The largest absolute Gasteiger partial charge is 0.353 e. The molecule has 0 unspecified atom stereocenters. The van der Waals surface area contributed by atoms with Crippen LogP contribution < -0.4 is 10.0 Å². The van der Waals surface area contributed by atoms with Crippen molar-refractivity contribution in [2.24, 2.45) is 5.92 Å². The average Bonchev–Trinajstić information content (AvgIpc) is 2.85. The van der Waals surface area contributed by atoms with Gasteiger partial charge in [0.05, 0.1) is 4.90 Å². The summed E-state index contributed by atoms with van der Waals surface area (Å²) in [6.07, 6.45) is 7.10. The lowest BCUT2D eigenvalue weighted by Gasteiger charge is -2.33. The minimum Gasteiger partial charge on any atom is -0.353 e. The molecule has 34 heavy (non-hydrogen) atoms. The Hall–Kier alpha value is -2.87. The molecular formula is C26H33N3O4S. The summed E-state index contributed by atoms with van der Waals surface area (Å²) in [5.74, 6) is -0.00664. The fourth-order valence-electron chi connectivity index (χ4n) is 4.71. The fourth-order valence-corrected chi connectivity index (χ4v) is 5.76. The van der Waals surface area contributed by atoms with E-state index in [-0.39, 0.29) is 22.6 Å². The van der Waals surface area contributed by atoms with Gasteiger partial charge in [-0.1, -0.05) is 37.0 Å². The number of hydrogen-bond acceptors (Lipinski definition) is 4. The van der Waals surface area contributed by atoms with Gasteiger partial charge in [0, 0.05) is 36.3 Å². The van der Waals surface area contributed by atoms with E-state index in [9.17, 15) is 18.0 Å². The predicted octanol–water partition coefficient (Wildman–Crippen LogP) is 4.10. The first-order valence-electron chi connectivity index (χ1n) is 12.1. The monoisotopic (exact) mass is 483 g/mol. The lowest BCUT2D eigenvalue weighted by atomic mass is 9.92. The van der Waals surface area contributed by atoms with Crippen LogP contribution in [0.1, 0.15) is 60.9 Å². The molecule has 0 spiro atoms. The molecule has 1 aliphatic heterocycles. The van der Waals surface area contributed by atoms with Crippen LogP contribution in [0, 0.1) is 12.8 Å². The number of rotatable bonds is 6. The Bertz CT molecular complexity index is 1100. The van der Waals surface area contributed by atoms with Crippen LogP contribution in [0.4, 0.5) is 5.69 Å². The van der Waals surface area contributed by atoms with Crippen LogP contribution in [-0.4, -0.2) is 44.3 Å². The van der Waals surface area contributed by atoms with Gasteiger partial charge < -0.3 is 10.2 Å². The van der Waals surface area contributed by atoms with Gasteiger partial charge in [0.15, 0.2) is 0 Å². The van der Waals surface area contributed by atoms with E-state index in [1.807, 2.05) is 6.92 Å². The van der Waals surface area contributed by atoms with Gasteiger partial charge in [-0.3, -0.25) is 14.3 Å². The number of nitrogens with one attached hydrogen (secondary N) is 2. The van der Waals surface area contributed by atoms with E-state index in [0.29, 0.717) is 43.2 Å². The molecule has 2 aromatic rings. The van der Waals surface area contributed by atoms with Gasteiger partial charge in [-0.05, 0) is 69.0 Å². The molecule has 8 heteroatoms. The standard InChI is InChI=1S/C26H33N3O4S/c1-19-7-13-24(14-8-19)34(32,33)28-23-11-9-21(10-12-23)26(31)29-17-15-20(16-18-29)25(30)27-22-5-3-2-4-6-22/h7-14,20,22,28H,2-6,15-18H2,1H3,(H,27,30). The van der Waals surface area contributed by atoms with Crippen LogP contribution in [-0.2, 0) is 14.8 Å². The van der Waals surface area contributed by atoms with Crippen molar-refractivity contribution in [2.75, 3.05) is 17.8 Å². The van der Waals surface area contributed by atoms with Gasteiger partial charge >= 0.3 is 0 Å². The highest BCUT2D eigenvalue weighted by molar-refractivity contribution is 7.92. The van der Waals surface area contributed by atoms with E-state index < -0.39 is 10.0 Å². The molecule has 2 fully saturated rings. The van der Waals surface area contributed by atoms with Crippen molar-refractivity contribution in [3.63, 3.8) is 0 Å². The molecule has 2 aliphatic rings. The third-order valence-electron chi connectivity index (χ3n) is 6.82. The Kier molecular flexibility index (Phi) is 7.56. The number of nitrogens with zero attached hydrogens (tertiary/aromatic N) is 1. The zero-order valence-corrected chi connectivity index (χ0v) is 20.4. The maximum Gasteiger partial charge on any atom is 0.261 e. The maximum atomic E-state index is 12.9. The zero-order valence-electron chi connectivity index (χ0n) is 19.6. The topological polar surface area (TPSA) is 95.6 Å². The molecule has 0 bridgehead atoms. The normalized spacial score (nSPS) is 17.9. The molecule has 1 aliphatic carbocycles. The summed E-state index contributed by atoms with van der Waals surface area (Å²) in [6, 6.07) is 13.4. The van der Waals surface area contributed by atoms with Crippen molar-refractivity contribution in [1.82, 2.24) is 10.2 Å². The average molecular weight is 484 g/mol. The lowest BCUT2D eigenvalue weighted by molar-refractivity contribution is -0.127.